The van der Waals surface area contributed by atoms with Crippen LogP contribution in [0, 0.1) is 0 Å². The number of hydrogen-bond acceptors (Lipinski definition) is 3. The molecule has 2 aliphatic rings. The maximum atomic E-state index is 11.2. The molecule has 0 saturated carbocycles. The Labute approximate surface area is 140 Å². The normalized spacial score (nSPS) is 31.3. The third-order valence-electron chi connectivity index (χ3n) is 5.73. The molecule has 0 aromatic heterocycles. The van der Waals surface area contributed by atoms with E-state index >= 15 is 0 Å². The van der Waals surface area contributed by atoms with Gasteiger partial charge in [0.25, 0.3) is 0 Å². The smallest absolute Gasteiger partial charge is 0.0928 e. The lowest BCUT2D eigenvalue weighted by atomic mass is 9.77. The van der Waals surface area contributed by atoms with Gasteiger partial charge in [-0.05, 0) is 43.9 Å². The molecule has 2 unspecified atom stereocenters. The second kappa shape index (κ2) is 7.33. The van der Waals surface area contributed by atoms with Crippen LogP contribution in [-0.2, 0) is 16.8 Å². The van der Waals surface area contributed by atoms with Crippen LogP contribution in [0.25, 0.3) is 0 Å². The summed E-state index contributed by atoms with van der Waals surface area (Å²) < 4.78 is 5.67. The van der Waals surface area contributed by atoms with Crippen LogP contribution in [0.3, 0.4) is 0 Å². The van der Waals surface area contributed by atoms with E-state index in [-0.39, 0.29) is 0 Å². The third kappa shape index (κ3) is 3.78. The molecule has 2 heterocycles. The van der Waals surface area contributed by atoms with E-state index in [1.807, 2.05) is 0 Å². The van der Waals surface area contributed by atoms with Crippen molar-refractivity contribution in [1.82, 2.24) is 4.90 Å². The molecule has 3 rings (SSSR count). The van der Waals surface area contributed by atoms with E-state index in [2.05, 4.69) is 43.1 Å². The van der Waals surface area contributed by atoms with E-state index in [1.165, 1.54) is 31.2 Å². The van der Waals surface area contributed by atoms with Gasteiger partial charge in [-0.2, -0.15) is 0 Å². The Balaban J connectivity index is 1.64. The number of likely N-dealkylation sites (N-methyl/N-ethyl adjacent to an activating group) is 1. The number of fused-ring (bicyclic) bond motifs is 2. The largest absolute Gasteiger partial charge is 0.385 e. The number of morpholine rings is 1. The number of unbranched alkanes of at least 4 members (excludes halogenated alkanes) is 3. The molecule has 128 valence electrons. The van der Waals surface area contributed by atoms with Gasteiger partial charge < -0.3 is 9.84 Å². The van der Waals surface area contributed by atoms with Gasteiger partial charge in [-0.15, -0.1) is 0 Å². The highest BCUT2D eigenvalue weighted by Crippen LogP contribution is 2.40. The number of ether oxygens (including phenoxy) is 1. The highest BCUT2D eigenvalue weighted by molar-refractivity contribution is 5.29. The van der Waals surface area contributed by atoms with Gasteiger partial charge in [-0.3, -0.25) is 4.90 Å². The predicted octanol–water partition coefficient (Wildman–Crippen LogP) is 3.49. The highest BCUT2D eigenvalue weighted by atomic mass is 16.5. The number of aryl methyl sites for hydroxylation is 1. The standard InChI is InChI=1S/C20H31NO2/c1-3-4-5-6-7-16-8-10-17(11-9-16)20(22)12-18-14-23-15-19(13-20)21(18)2/h8-11,18-19,22H,3-7,12-15H2,1-2H3. The molecule has 3 heteroatoms. The zero-order valence-corrected chi connectivity index (χ0v) is 14.6. The monoisotopic (exact) mass is 317 g/mol. The SMILES string of the molecule is CCCCCCc1ccc(C2(O)CC3COCC(C2)N3C)cc1. The average molecular weight is 317 g/mol. The van der Waals surface area contributed by atoms with Crippen molar-refractivity contribution in [3.05, 3.63) is 35.4 Å². The van der Waals surface area contributed by atoms with Crippen LogP contribution in [0.15, 0.2) is 24.3 Å². The van der Waals surface area contributed by atoms with E-state index in [4.69, 9.17) is 4.74 Å². The average Bonchev–Trinajstić information content (AvgIpc) is 2.54. The molecule has 2 bridgehead atoms. The highest BCUT2D eigenvalue weighted by Gasteiger charge is 2.45. The fourth-order valence-electron chi connectivity index (χ4n) is 4.12. The minimum atomic E-state index is -0.688. The molecule has 0 spiro atoms. The molecule has 2 atom stereocenters. The van der Waals surface area contributed by atoms with Crippen LogP contribution < -0.4 is 0 Å². The van der Waals surface area contributed by atoms with E-state index < -0.39 is 5.60 Å². The number of nitrogens with zero attached hydrogens (tertiary/aromatic N) is 1. The van der Waals surface area contributed by atoms with E-state index in [1.54, 1.807) is 0 Å². The molecule has 0 amide bonds. The molecule has 2 aliphatic heterocycles. The summed E-state index contributed by atoms with van der Waals surface area (Å²) in [7, 11) is 2.16. The Hall–Kier alpha value is -0.900. The molecule has 23 heavy (non-hydrogen) atoms. The summed E-state index contributed by atoms with van der Waals surface area (Å²) in [6.45, 7) is 3.73. The first-order valence-corrected chi connectivity index (χ1v) is 9.24. The van der Waals surface area contributed by atoms with Crippen LogP contribution in [0.1, 0.15) is 56.6 Å². The Morgan fingerprint density at radius 1 is 1.09 bits per heavy atom. The summed E-state index contributed by atoms with van der Waals surface area (Å²) >= 11 is 0. The molecule has 1 aromatic carbocycles. The van der Waals surface area contributed by atoms with Gasteiger partial charge in [0.05, 0.1) is 18.8 Å². The van der Waals surface area contributed by atoms with Crippen molar-refractivity contribution in [2.45, 2.75) is 69.6 Å². The molecule has 1 aromatic rings. The molecule has 1 N–H and O–H groups in total. The Kier molecular flexibility index (Phi) is 5.40. The van der Waals surface area contributed by atoms with Crippen molar-refractivity contribution < 1.29 is 9.84 Å². The van der Waals surface area contributed by atoms with E-state index in [0.717, 1.165) is 38.0 Å². The Bertz CT molecular complexity index is 485. The fourth-order valence-corrected chi connectivity index (χ4v) is 4.12. The van der Waals surface area contributed by atoms with Crippen LogP contribution in [0.2, 0.25) is 0 Å². The van der Waals surface area contributed by atoms with Gasteiger partial charge in [0, 0.05) is 12.1 Å². The third-order valence-corrected chi connectivity index (χ3v) is 5.73. The van der Waals surface area contributed by atoms with Crippen molar-refractivity contribution in [3.63, 3.8) is 0 Å². The maximum absolute atomic E-state index is 11.2. The van der Waals surface area contributed by atoms with Gasteiger partial charge >= 0.3 is 0 Å². The molecule has 0 radical (unpaired) electrons. The van der Waals surface area contributed by atoms with Crippen molar-refractivity contribution in [3.8, 4) is 0 Å². The van der Waals surface area contributed by atoms with Gasteiger partial charge in [0.2, 0.25) is 0 Å². The van der Waals surface area contributed by atoms with Crippen molar-refractivity contribution >= 4 is 0 Å². The number of rotatable bonds is 6. The zero-order chi connectivity index (χ0) is 16.3. The van der Waals surface area contributed by atoms with Crippen molar-refractivity contribution in [2.24, 2.45) is 0 Å². The second-order valence-corrected chi connectivity index (χ2v) is 7.46. The van der Waals surface area contributed by atoms with Crippen molar-refractivity contribution in [1.29, 1.82) is 0 Å². The Morgan fingerprint density at radius 2 is 1.74 bits per heavy atom. The van der Waals surface area contributed by atoms with E-state index in [0.29, 0.717) is 12.1 Å². The van der Waals surface area contributed by atoms with Gasteiger partial charge in [0.15, 0.2) is 0 Å². The number of aliphatic hydroxyl groups is 1. The van der Waals surface area contributed by atoms with Gasteiger partial charge in [-0.1, -0.05) is 50.5 Å². The first-order valence-electron chi connectivity index (χ1n) is 9.24. The van der Waals surface area contributed by atoms with Crippen LogP contribution in [0.5, 0.6) is 0 Å². The molecule has 0 aliphatic carbocycles. The summed E-state index contributed by atoms with van der Waals surface area (Å²) in [4.78, 5) is 2.39. The van der Waals surface area contributed by atoms with Crippen LogP contribution in [0.4, 0.5) is 0 Å². The summed E-state index contributed by atoms with van der Waals surface area (Å²) in [6.07, 6.45) is 7.90. The lowest BCUT2D eigenvalue weighted by molar-refractivity contribution is -0.137. The zero-order valence-electron chi connectivity index (χ0n) is 14.6. The molecular formula is C20H31NO2. The van der Waals surface area contributed by atoms with Crippen LogP contribution >= 0.6 is 0 Å². The second-order valence-electron chi connectivity index (χ2n) is 7.46. The quantitative estimate of drug-likeness (QED) is 0.815. The predicted molar refractivity (Wildman–Crippen MR) is 93.6 cm³/mol. The van der Waals surface area contributed by atoms with Crippen molar-refractivity contribution in [2.75, 3.05) is 20.3 Å². The molecule has 2 fully saturated rings. The van der Waals surface area contributed by atoms with Crippen LogP contribution in [-0.4, -0.2) is 42.4 Å². The summed E-state index contributed by atoms with van der Waals surface area (Å²) in [6, 6.07) is 9.39. The lowest BCUT2D eigenvalue weighted by Gasteiger charge is -2.50. The minimum Gasteiger partial charge on any atom is -0.385 e. The summed E-state index contributed by atoms with van der Waals surface area (Å²) in [5, 5.41) is 11.2. The molecule has 2 saturated heterocycles. The Morgan fingerprint density at radius 3 is 2.35 bits per heavy atom. The summed E-state index contributed by atoms with van der Waals surface area (Å²) in [5.74, 6) is 0. The topological polar surface area (TPSA) is 32.7 Å². The number of hydrogen-bond donors (Lipinski definition) is 1. The number of piperidine rings is 1. The fraction of sp³-hybridized carbons (Fsp3) is 0.700. The summed E-state index contributed by atoms with van der Waals surface area (Å²) in [5.41, 5.74) is 1.79. The number of benzene rings is 1. The first kappa shape index (κ1) is 16.9. The van der Waals surface area contributed by atoms with Gasteiger partial charge in [-0.25, -0.2) is 0 Å². The lowest BCUT2D eigenvalue weighted by Crippen LogP contribution is -2.59. The maximum Gasteiger partial charge on any atom is 0.0928 e. The minimum absolute atomic E-state index is 0.334. The molecule has 3 nitrogen and oxygen atoms in total. The first-order chi connectivity index (χ1) is 11.1. The van der Waals surface area contributed by atoms with E-state index in [9.17, 15) is 5.11 Å². The molecular weight excluding hydrogens is 286 g/mol. The van der Waals surface area contributed by atoms with Gasteiger partial charge in [0.1, 0.15) is 0 Å².